The molecular weight excluding hydrogens is 327 g/mol. The normalized spacial score (nSPS) is 20.5. The topological polar surface area (TPSA) is 95.2 Å². The molecule has 2 rings (SSSR count). The Morgan fingerprint density at radius 1 is 1.44 bits per heavy atom. The van der Waals surface area contributed by atoms with E-state index in [4.69, 9.17) is 10.1 Å². The minimum atomic E-state index is -0.528. The first-order valence-corrected chi connectivity index (χ1v) is 8.02. The number of nitrogens with zero attached hydrogens (tertiary/aromatic N) is 3. The van der Waals surface area contributed by atoms with Gasteiger partial charge < -0.3 is 15.0 Å². The summed E-state index contributed by atoms with van der Waals surface area (Å²) >= 11 is 0. The first-order chi connectivity index (χ1) is 12.0. The van der Waals surface area contributed by atoms with Crippen molar-refractivity contribution in [3.8, 4) is 0 Å². The lowest BCUT2D eigenvalue weighted by molar-refractivity contribution is -0.147. The summed E-state index contributed by atoms with van der Waals surface area (Å²) in [6.07, 6.45) is 2.39. The highest BCUT2D eigenvalue weighted by Gasteiger charge is 2.34. The molecule has 0 aliphatic carbocycles. The van der Waals surface area contributed by atoms with Crippen molar-refractivity contribution in [2.75, 3.05) is 20.2 Å². The Morgan fingerprint density at radius 2 is 2.20 bits per heavy atom. The molecule has 1 saturated heterocycles. The molecule has 0 bridgehead atoms. The molecule has 1 fully saturated rings. The van der Waals surface area contributed by atoms with Crippen LogP contribution in [-0.2, 0) is 9.53 Å². The molecule has 1 aliphatic heterocycles. The van der Waals surface area contributed by atoms with Crippen LogP contribution in [0, 0.1) is 17.1 Å². The summed E-state index contributed by atoms with van der Waals surface area (Å²) < 4.78 is 18.3. The Hall–Kier alpha value is -2.64. The zero-order chi connectivity index (χ0) is 18.4. The van der Waals surface area contributed by atoms with Crippen molar-refractivity contribution in [2.45, 2.75) is 25.8 Å². The van der Waals surface area contributed by atoms with Gasteiger partial charge in [-0.1, -0.05) is 0 Å². The van der Waals surface area contributed by atoms with Gasteiger partial charge in [0.05, 0.1) is 25.1 Å². The van der Waals surface area contributed by atoms with Crippen molar-refractivity contribution in [1.29, 1.82) is 5.41 Å². The van der Waals surface area contributed by atoms with Gasteiger partial charge in [-0.05, 0) is 31.9 Å². The molecule has 2 atom stereocenters. The number of rotatable bonds is 5. The summed E-state index contributed by atoms with van der Waals surface area (Å²) in [4.78, 5) is 26.3. The van der Waals surface area contributed by atoms with Gasteiger partial charge in [-0.2, -0.15) is 10.2 Å². The van der Waals surface area contributed by atoms with Gasteiger partial charge in [0.1, 0.15) is 11.5 Å². The zero-order valence-corrected chi connectivity index (χ0v) is 14.2. The number of carbonyl (C=O) groups is 2. The highest BCUT2D eigenvalue weighted by Crippen LogP contribution is 2.28. The molecule has 0 aromatic heterocycles. The predicted molar refractivity (Wildman–Crippen MR) is 89.8 cm³/mol. The average molecular weight is 348 g/mol. The van der Waals surface area contributed by atoms with Crippen molar-refractivity contribution in [2.24, 2.45) is 16.1 Å². The molecular formula is C17H21FN4O3. The van der Waals surface area contributed by atoms with E-state index >= 15 is 0 Å². The van der Waals surface area contributed by atoms with E-state index in [0.717, 1.165) is 12.3 Å². The molecule has 1 aromatic carbocycles. The molecule has 1 aromatic rings. The third kappa shape index (κ3) is 4.46. The molecule has 1 aliphatic rings. The van der Waals surface area contributed by atoms with Crippen LogP contribution in [0.2, 0.25) is 0 Å². The minimum Gasteiger partial charge on any atom is -0.469 e. The monoisotopic (exact) mass is 348 g/mol. The third-order valence-corrected chi connectivity index (χ3v) is 4.22. The molecule has 0 saturated carbocycles. The molecule has 0 spiro atoms. The van der Waals surface area contributed by atoms with E-state index in [2.05, 4.69) is 10.2 Å². The number of likely N-dealkylation sites (tertiary alicyclic amines) is 1. The van der Waals surface area contributed by atoms with Crippen LogP contribution in [-0.4, -0.2) is 49.2 Å². The van der Waals surface area contributed by atoms with E-state index in [0.29, 0.717) is 12.8 Å². The average Bonchev–Trinajstić information content (AvgIpc) is 2.61. The Kier molecular flexibility index (Phi) is 6.32. The van der Waals surface area contributed by atoms with Gasteiger partial charge in [0.15, 0.2) is 0 Å². The number of piperidine rings is 1. The van der Waals surface area contributed by atoms with Crippen LogP contribution in [0.25, 0.3) is 0 Å². The fourth-order valence-electron chi connectivity index (χ4n) is 2.83. The number of azo groups is 1. The lowest BCUT2D eigenvalue weighted by Gasteiger charge is -2.37. The molecule has 134 valence electrons. The van der Waals surface area contributed by atoms with Gasteiger partial charge in [-0.25, -0.2) is 4.39 Å². The smallest absolute Gasteiger partial charge is 0.310 e. The molecule has 0 unspecified atom stereocenters. The maximum atomic E-state index is 13.5. The third-order valence-electron chi connectivity index (χ3n) is 4.22. The number of ether oxygens (including phenoxy) is 1. The van der Waals surface area contributed by atoms with Gasteiger partial charge in [-0.15, -0.1) is 0 Å². The van der Waals surface area contributed by atoms with Crippen LogP contribution in [0.5, 0.6) is 0 Å². The van der Waals surface area contributed by atoms with E-state index in [1.165, 1.54) is 19.2 Å². The molecule has 7 nitrogen and oxygen atoms in total. The molecule has 8 heteroatoms. The Bertz CT molecular complexity index is 692. The summed E-state index contributed by atoms with van der Waals surface area (Å²) in [7, 11) is 1.33. The number of nitrogens with one attached hydrogen (secondary N) is 1. The van der Waals surface area contributed by atoms with E-state index in [1.807, 2.05) is 6.92 Å². The Balaban J connectivity index is 2.29. The summed E-state index contributed by atoms with van der Waals surface area (Å²) in [6.45, 7) is 2.21. The lowest BCUT2D eigenvalue weighted by Crippen LogP contribution is -2.47. The quantitative estimate of drug-likeness (QED) is 0.503. The van der Waals surface area contributed by atoms with E-state index < -0.39 is 5.82 Å². The largest absolute Gasteiger partial charge is 0.469 e. The van der Waals surface area contributed by atoms with Crippen LogP contribution in [0.4, 0.5) is 10.1 Å². The first kappa shape index (κ1) is 18.7. The summed E-state index contributed by atoms with van der Waals surface area (Å²) in [5.74, 6) is -1.56. The highest BCUT2D eigenvalue weighted by molar-refractivity contribution is 5.99. The van der Waals surface area contributed by atoms with Crippen LogP contribution in [0.3, 0.4) is 0 Å². The standard InChI is InChI=1S/C17H21FN4O3/c1-11-3-4-12(17(24)25-2)10-22(11)16(23)14-6-5-13(18)9-15(14)21-20-8-7-19/h5-7,9,11-12,19H,3-4,8,10H2,1-2H3/t11-,12-/m1/s1. The van der Waals surface area contributed by atoms with Gasteiger partial charge in [0.25, 0.3) is 5.91 Å². The summed E-state index contributed by atoms with van der Waals surface area (Å²) in [5.41, 5.74) is 0.326. The second-order valence-electron chi connectivity index (χ2n) is 5.89. The molecule has 1 N–H and O–H groups in total. The van der Waals surface area contributed by atoms with Crippen LogP contribution in [0.15, 0.2) is 28.4 Å². The van der Waals surface area contributed by atoms with Gasteiger partial charge in [-0.3, -0.25) is 9.59 Å². The van der Waals surface area contributed by atoms with E-state index in [9.17, 15) is 14.0 Å². The van der Waals surface area contributed by atoms with Crippen molar-refractivity contribution in [3.05, 3.63) is 29.6 Å². The molecule has 25 heavy (non-hydrogen) atoms. The van der Waals surface area contributed by atoms with Crippen molar-refractivity contribution < 1.29 is 18.7 Å². The number of hydrogen-bond acceptors (Lipinski definition) is 6. The number of methoxy groups -OCH3 is 1. The maximum Gasteiger partial charge on any atom is 0.310 e. The Labute approximate surface area is 145 Å². The van der Waals surface area contributed by atoms with Crippen molar-refractivity contribution in [3.63, 3.8) is 0 Å². The first-order valence-electron chi connectivity index (χ1n) is 8.02. The fourth-order valence-corrected chi connectivity index (χ4v) is 2.83. The maximum absolute atomic E-state index is 13.5. The van der Waals surface area contributed by atoms with Crippen LogP contribution in [0.1, 0.15) is 30.1 Å². The number of esters is 1. The molecule has 1 amide bonds. The SMILES string of the molecule is COC(=O)[C@@H]1CC[C@@H](C)N(C(=O)c2ccc(F)cc2N=NCC=N)C1. The summed E-state index contributed by atoms with van der Waals surface area (Å²) in [5, 5.41) is 14.5. The second-order valence-corrected chi connectivity index (χ2v) is 5.89. The molecule has 1 heterocycles. The van der Waals surface area contributed by atoms with Crippen molar-refractivity contribution in [1.82, 2.24) is 4.90 Å². The highest BCUT2D eigenvalue weighted by atomic mass is 19.1. The van der Waals surface area contributed by atoms with E-state index in [-0.39, 0.29) is 48.2 Å². The minimum absolute atomic E-state index is 0.0503. The second kappa shape index (κ2) is 8.46. The lowest BCUT2D eigenvalue weighted by atomic mass is 9.92. The zero-order valence-electron chi connectivity index (χ0n) is 14.2. The van der Waals surface area contributed by atoms with Crippen molar-refractivity contribution >= 4 is 23.8 Å². The van der Waals surface area contributed by atoms with Crippen LogP contribution < -0.4 is 0 Å². The number of hydrogen-bond donors (Lipinski definition) is 1. The summed E-state index contributed by atoms with van der Waals surface area (Å²) in [6, 6.07) is 3.64. The van der Waals surface area contributed by atoms with Gasteiger partial charge in [0.2, 0.25) is 0 Å². The number of amides is 1. The Morgan fingerprint density at radius 3 is 2.88 bits per heavy atom. The molecule has 0 radical (unpaired) electrons. The van der Waals surface area contributed by atoms with Crippen LogP contribution >= 0.6 is 0 Å². The fraction of sp³-hybridized carbons (Fsp3) is 0.471. The van der Waals surface area contributed by atoms with Gasteiger partial charge in [0, 0.05) is 24.9 Å². The number of benzene rings is 1. The van der Waals surface area contributed by atoms with E-state index in [1.54, 1.807) is 4.90 Å². The number of halogens is 1. The number of carbonyl (C=O) groups excluding carboxylic acids is 2. The predicted octanol–water partition coefficient (Wildman–Crippen LogP) is 2.97. The van der Waals surface area contributed by atoms with Gasteiger partial charge >= 0.3 is 5.97 Å².